The van der Waals surface area contributed by atoms with Crippen LogP contribution in [-0.2, 0) is 0 Å². The van der Waals surface area contributed by atoms with Crippen molar-refractivity contribution in [1.29, 1.82) is 0 Å². The highest BCUT2D eigenvalue weighted by Crippen LogP contribution is 2.28. The predicted octanol–water partition coefficient (Wildman–Crippen LogP) is 5.10. The van der Waals surface area contributed by atoms with Crippen LogP contribution in [0, 0.1) is 18.6 Å². The lowest BCUT2D eigenvalue weighted by atomic mass is 9.96. The Labute approximate surface area is 127 Å². The van der Waals surface area contributed by atoms with Gasteiger partial charge in [0, 0.05) is 5.56 Å². The van der Waals surface area contributed by atoms with E-state index in [0.29, 0.717) is 16.5 Å². The van der Waals surface area contributed by atoms with Crippen LogP contribution in [0.2, 0.25) is 0 Å². The lowest BCUT2D eigenvalue weighted by Crippen LogP contribution is -1.91. The molecule has 1 heterocycles. The Hall–Kier alpha value is -2.49. The quantitative estimate of drug-likeness (QED) is 0.669. The highest BCUT2D eigenvalue weighted by atomic mass is 19.1. The summed E-state index contributed by atoms with van der Waals surface area (Å²) in [6.45, 7) is 3.86. The highest BCUT2D eigenvalue weighted by Gasteiger charge is 2.10. The highest BCUT2D eigenvalue weighted by molar-refractivity contribution is 5.87. The van der Waals surface area contributed by atoms with Gasteiger partial charge in [-0.1, -0.05) is 13.0 Å². The number of H-pyrrole nitrogens is 1. The average molecular weight is 298 g/mol. The van der Waals surface area contributed by atoms with Crippen LogP contribution in [0.5, 0.6) is 0 Å². The fourth-order valence-electron chi connectivity index (χ4n) is 2.66. The third kappa shape index (κ3) is 2.52. The Bertz CT molecular complexity index is 863. The topological polar surface area (TPSA) is 28.7 Å². The largest absolute Gasteiger partial charge is 0.278 e. The molecule has 2 nitrogen and oxygen atoms in total. The fourth-order valence-corrected chi connectivity index (χ4v) is 2.66. The molecule has 0 bridgehead atoms. The van der Waals surface area contributed by atoms with Crippen LogP contribution >= 0.6 is 0 Å². The monoisotopic (exact) mass is 298 g/mol. The Morgan fingerprint density at radius 3 is 2.77 bits per heavy atom. The minimum Gasteiger partial charge on any atom is -0.278 e. The van der Waals surface area contributed by atoms with Gasteiger partial charge in [-0.3, -0.25) is 5.10 Å². The lowest BCUT2D eigenvalue weighted by molar-refractivity contribution is 0.626. The van der Waals surface area contributed by atoms with Crippen LogP contribution in [0.4, 0.5) is 8.78 Å². The molecular weight excluding hydrogens is 282 g/mol. The van der Waals surface area contributed by atoms with Gasteiger partial charge in [0.15, 0.2) is 0 Å². The molecule has 0 aliphatic rings. The van der Waals surface area contributed by atoms with E-state index in [2.05, 4.69) is 10.2 Å². The van der Waals surface area contributed by atoms with Gasteiger partial charge in [0.2, 0.25) is 0 Å². The number of fused-ring (bicyclic) bond motifs is 1. The molecule has 0 fully saturated rings. The molecule has 112 valence electrons. The first-order chi connectivity index (χ1) is 10.6. The van der Waals surface area contributed by atoms with Crippen molar-refractivity contribution in [1.82, 2.24) is 10.2 Å². The molecule has 3 aromatic rings. The van der Waals surface area contributed by atoms with Gasteiger partial charge in [0.1, 0.15) is 11.6 Å². The average Bonchev–Trinajstić information content (AvgIpc) is 2.97. The zero-order valence-electron chi connectivity index (χ0n) is 12.5. The summed E-state index contributed by atoms with van der Waals surface area (Å²) < 4.78 is 27.8. The van der Waals surface area contributed by atoms with Crippen molar-refractivity contribution in [3.8, 4) is 0 Å². The molecule has 0 saturated carbocycles. The maximum Gasteiger partial charge on any atom is 0.141 e. The van der Waals surface area contributed by atoms with E-state index in [9.17, 15) is 8.78 Å². The summed E-state index contributed by atoms with van der Waals surface area (Å²) in [5.74, 6) is -0.556. The molecule has 0 aliphatic heterocycles. The number of allylic oxidation sites excluding steroid dienone is 1. The van der Waals surface area contributed by atoms with Gasteiger partial charge in [-0.25, -0.2) is 8.78 Å². The number of nitrogens with zero attached hydrogens (tertiary/aromatic N) is 1. The summed E-state index contributed by atoms with van der Waals surface area (Å²) in [5, 5.41) is 7.08. The molecule has 4 heteroatoms. The lowest BCUT2D eigenvalue weighted by Gasteiger charge is -2.10. The number of hydrogen-bond donors (Lipinski definition) is 1. The van der Waals surface area contributed by atoms with Crippen molar-refractivity contribution >= 4 is 22.6 Å². The molecule has 1 aromatic heterocycles. The molecule has 0 aliphatic carbocycles. The Kier molecular flexibility index (Phi) is 3.75. The molecular formula is C18H16F2N2. The van der Waals surface area contributed by atoms with E-state index >= 15 is 0 Å². The first-order valence-corrected chi connectivity index (χ1v) is 7.19. The minimum atomic E-state index is -0.294. The number of aromatic nitrogens is 2. The summed E-state index contributed by atoms with van der Waals surface area (Å²) >= 11 is 0. The molecule has 0 spiro atoms. The van der Waals surface area contributed by atoms with E-state index < -0.39 is 0 Å². The van der Waals surface area contributed by atoms with Crippen molar-refractivity contribution in [3.63, 3.8) is 0 Å². The van der Waals surface area contributed by atoms with Gasteiger partial charge in [-0.05, 0) is 60.4 Å². The minimum absolute atomic E-state index is 0.261. The number of hydrogen-bond acceptors (Lipinski definition) is 1. The number of nitrogens with one attached hydrogen (secondary N) is 1. The zero-order chi connectivity index (χ0) is 15.7. The second-order valence-electron chi connectivity index (χ2n) is 5.28. The van der Waals surface area contributed by atoms with E-state index in [1.54, 1.807) is 12.1 Å². The van der Waals surface area contributed by atoms with Crippen molar-refractivity contribution in [2.24, 2.45) is 0 Å². The first-order valence-electron chi connectivity index (χ1n) is 7.19. The molecule has 0 atom stereocenters. The van der Waals surface area contributed by atoms with E-state index in [1.807, 2.05) is 26.0 Å². The standard InChI is InChI=1S/C18H16F2N2/c1-3-12(15-6-5-14(19)8-11(15)2)9-13-4-7-17-16(18(13)20)10-21-22-17/h4-10H,3H2,1-2H3,(H,21,22)/b12-9+. The molecule has 1 N–H and O–H groups in total. The van der Waals surface area contributed by atoms with Crippen molar-refractivity contribution in [2.45, 2.75) is 20.3 Å². The summed E-state index contributed by atoms with van der Waals surface area (Å²) in [6.07, 6.45) is 4.04. The van der Waals surface area contributed by atoms with Gasteiger partial charge < -0.3 is 0 Å². The van der Waals surface area contributed by atoms with Gasteiger partial charge in [-0.15, -0.1) is 0 Å². The molecule has 3 rings (SSSR count). The van der Waals surface area contributed by atoms with Gasteiger partial charge >= 0.3 is 0 Å². The summed E-state index contributed by atoms with van der Waals surface area (Å²) in [6, 6.07) is 8.20. The fraction of sp³-hybridized carbons (Fsp3) is 0.167. The van der Waals surface area contributed by atoms with E-state index in [1.165, 1.54) is 18.3 Å². The molecule has 2 aromatic carbocycles. The number of aromatic amines is 1. The van der Waals surface area contributed by atoms with Crippen molar-refractivity contribution in [3.05, 3.63) is 64.9 Å². The van der Waals surface area contributed by atoms with Gasteiger partial charge in [0.05, 0.1) is 17.1 Å². The molecule has 0 amide bonds. The normalized spacial score (nSPS) is 12.1. The van der Waals surface area contributed by atoms with Crippen molar-refractivity contribution < 1.29 is 8.78 Å². The third-order valence-electron chi connectivity index (χ3n) is 3.83. The SMILES string of the molecule is CC/C(=C\c1ccc2[nH]ncc2c1F)c1ccc(F)cc1C. The van der Waals surface area contributed by atoms with E-state index in [0.717, 1.165) is 23.1 Å². The third-order valence-corrected chi connectivity index (χ3v) is 3.83. The van der Waals surface area contributed by atoms with Gasteiger partial charge in [-0.2, -0.15) is 5.10 Å². The number of aryl methyl sites for hydroxylation is 1. The summed E-state index contributed by atoms with van der Waals surface area (Å²) in [5.41, 5.74) is 3.94. The Morgan fingerprint density at radius 1 is 1.23 bits per heavy atom. The van der Waals surface area contributed by atoms with E-state index in [4.69, 9.17) is 0 Å². The van der Waals surface area contributed by atoms with Crippen LogP contribution in [0.3, 0.4) is 0 Å². The zero-order valence-corrected chi connectivity index (χ0v) is 12.5. The van der Waals surface area contributed by atoms with Crippen LogP contribution < -0.4 is 0 Å². The first kappa shape index (κ1) is 14.4. The second-order valence-corrected chi connectivity index (χ2v) is 5.28. The number of benzene rings is 2. The van der Waals surface area contributed by atoms with Crippen molar-refractivity contribution in [2.75, 3.05) is 0 Å². The molecule has 0 saturated heterocycles. The van der Waals surface area contributed by atoms with Crippen LogP contribution in [0.15, 0.2) is 36.5 Å². The van der Waals surface area contributed by atoms with Crippen LogP contribution in [-0.4, -0.2) is 10.2 Å². The van der Waals surface area contributed by atoms with E-state index in [-0.39, 0.29) is 11.6 Å². The smallest absolute Gasteiger partial charge is 0.141 e. The Balaban J connectivity index is 2.12. The molecule has 22 heavy (non-hydrogen) atoms. The predicted molar refractivity (Wildman–Crippen MR) is 85.4 cm³/mol. The number of rotatable bonds is 3. The maximum absolute atomic E-state index is 14.5. The van der Waals surface area contributed by atoms with Crippen LogP contribution in [0.1, 0.15) is 30.0 Å². The molecule has 0 radical (unpaired) electrons. The second kappa shape index (κ2) is 5.72. The van der Waals surface area contributed by atoms with Crippen LogP contribution in [0.25, 0.3) is 22.6 Å². The Morgan fingerprint density at radius 2 is 2.05 bits per heavy atom. The molecule has 0 unspecified atom stereocenters. The summed E-state index contributed by atoms with van der Waals surface area (Å²) in [4.78, 5) is 0. The summed E-state index contributed by atoms with van der Waals surface area (Å²) in [7, 11) is 0. The number of halogens is 2. The maximum atomic E-state index is 14.5. The van der Waals surface area contributed by atoms with Gasteiger partial charge in [0.25, 0.3) is 0 Å².